The molecule has 0 N–H and O–H groups in total. The molecule has 1 saturated heterocycles. The van der Waals surface area contributed by atoms with Crippen molar-refractivity contribution in [2.24, 2.45) is 0 Å². The molecule has 0 bridgehead atoms. The second-order valence-corrected chi connectivity index (χ2v) is 3.04. The van der Waals surface area contributed by atoms with Crippen LogP contribution in [-0.4, -0.2) is 19.7 Å². The van der Waals surface area contributed by atoms with Crippen LogP contribution in [0.1, 0.15) is 11.7 Å². The van der Waals surface area contributed by atoms with Crippen LogP contribution in [0.2, 0.25) is 0 Å². The molecule has 0 spiro atoms. The van der Waals surface area contributed by atoms with E-state index in [-0.39, 0.29) is 11.9 Å². The number of hydrogen-bond acceptors (Lipinski definition) is 1. The van der Waals surface area contributed by atoms with Gasteiger partial charge in [0.25, 0.3) is 0 Å². The SMILES string of the molecule is Fc1ccc(C2C[N]CCO2)cc1. The number of rotatable bonds is 1. The van der Waals surface area contributed by atoms with Crippen LogP contribution in [0.15, 0.2) is 24.3 Å². The maximum Gasteiger partial charge on any atom is 0.123 e. The van der Waals surface area contributed by atoms with Crippen LogP contribution < -0.4 is 5.32 Å². The average molecular weight is 180 g/mol. The lowest BCUT2D eigenvalue weighted by Gasteiger charge is -2.22. The van der Waals surface area contributed by atoms with E-state index < -0.39 is 0 Å². The maximum atomic E-state index is 12.6. The molecule has 1 aliphatic heterocycles. The van der Waals surface area contributed by atoms with Gasteiger partial charge in [-0.1, -0.05) is 12.1 Å². The second kappa shape index (κ2) is 3.85. The van der Waals surface area contributed by atoms with E-state index in [9.17, 15) is 4.39 Å². The smallest absolute Gasteiger partial charge is 0.123 e. The second-order valence-electron chi connectivity index (χ2n) is 3.04. The van der Waals surface area contributed by atoms with Crippen molar-refractivity contribution in [3.8, 4) is 0 Å². The number of ether oxygens (including phenoxy) is 1. The third-order valence-corrected chi connectivity index (χ3v) is 2.11. The quantitative estimate of drug-likeness (QED) is 0.642. The van der Waals surface area contributed by atoms with Gasteiger partial charge in [0.05, 0.1) is 12.7 Å². The maximum absolute atomic E-state index is 12.6. The van der Waals surface area contributed by atoms with Gasteiger partial charge >= 0.3 is 0 Å². The van der Waals surface area contributed by atoms with Crippen molar-refractivity contribution in [3.05, 3.63) is 35.6 Å². The summed E-state index contributed by atoms with van der Waals surface area (Å²) in [6, 6.07) is 6.41. The van der Waals surface area contributed by atoms with E-state index in [0.29, 0.717) is 13.2 Å². The summed E-state index contributed by atoms with van der Waals surface area (Å²) in [5.41, 5.74) is 1.00. The predicted octanol–water partition coefficient (Wildman–Crippen LogP) is 1.50. The summed E-state index contributed by atoms with van der Waals surface area (Å²) in [6.07, 6.45) is 0.0225. The molecule has 1 unspecified atom stereocenters. The van der Waals surface area contributed by atoms with Gasteiger partial charge in [-0.05, 0) is 17.7 Å². The first-order chi connectivity index (χ1) is 6.36. The Balaban J connectivity index is 2.10. The van der Waals surface area contributed by atoms with Gasteiger partial charge in [-0.15, -0.1) is 0 Å². The fraction of sp³-hybridized carbons (Fsp3) is 0.400. The molecular weight excluding hydrogens is 169 g/mol. The molecule has 1 atom stereocenters. The molecule has 0 aliphatic carbocycles. The number of morpholine rings is 1. The Morgan fingerprint density at radius 1 is 1.31 bits per heavy atom. The first-order valence-corrected chi connectivity index (χ1v) is 4.36. The fourth-order valence-corrected chi connectivity index (χ4v) is 1.40. The van der Waals surface area contributed by atoms with Gasteiger partial charge in [0.15, 0.2) is 0 Å². The van der Waals surface area contributed by atoms with Gasteiger partial charge in [0, 0.05) is 13.1 Å². The summed E-state index contributed by atoms with van der Waals surface area (Å²) < 4.78 is 18.1. The zero-order valence-corrected chi connectivity index (χ0v) is 7.24. The molecule has 2 nitrogen and oxygen atoms in total. The molecule has 1 aromatic rings. The molecule has 1 fully saturated rings. The first-order valence-electron chi connectivity index (χ1n) is 4.36. The molecule has 0 saturated carbocycles. The van der Waals surface area contributed by atoms with Crippen LogP contribution in [0.25, 0.3) is 0 Å². The molecule has 1 aromatic carbocycles. The number of nitrogens with zero attached hydrogens (tertiary/aromatic N) is 1. The van der Waals surface area contributed by atoms with Crippen LogP contribution in [0, 0.1) is 5.82 Å². The topological polar surface area (TPSA) is 23.3 Å². The summed E-state index contributed by atoms with van der Waals surface area (Å²) in [6.45, 7) is 2.13. The molecule has 13 heavy (non-hydrogen) atoms. The summed E-state index contributed by atoms with van der Waals surface area (Å²) in [5, 5.41) is 4.24. The van der Waals surface area contributed by atoms with E-state index in [1.54, 1.807) is 12.1 Å². The summed E-state index contributed by atoms with van der Waals surface area (Å²) in [7, 11) is 0. The van der Waals surface area contributed by atoms with Crippen LogP contribution in [0.3, 0.4) is 0 Å². The zero-order chi connectivity index (χ0) is 9.10. The van der Waals surface area contributed by atoms with E-state index in [0.717, 1.165) is 12.1 Å². The summed E-state index contributed by atoms with van der Waals surface area (Å²) in [4.78, 5) is 0. The van der Waals surface area contributed by atoms with Crippen molar-refractivity contribution < 1.29 is 9.13 Å². The first kappa shape index (κ1) is 8.66. The summed E-state index contributed by atoms with van der Waals surface area (Å²) in [5.74, 6) is -0.212. The number of benzene rings is 1. The van der Waals surface area contributed by atoms with Crippen LogP contribution in [0.4, 0.5) is 4.39 Å². The van der Waals surface area contributed by atoms with Crippen molar-refractivity contribution in [1.82, 2.24) is 5.32 Å². The highest BCUT2D eigenvalue weighted by atomic mass is 19.1. The largest absolute Gasteiger partial charge is 0.371 e. The van der Waals surface area contributed by atoms with E-state index in [4.69, 9.17) is 4.74 Å². The van der Waals surface area contributed by atoms with Gasteiger partial charge in [-0.2, -0.15) is 0 Å². The Labute approximate surface area is 76.7 Å². The normalized spacial score (nSPS) is 23.0. The third-order valence-electron chi connectivity index (χ3n) is 2.11. The molecular formula is C10H11FNO. The minimum atomic E-state index is -0.212. The predicted molar refractivity (Wildman–Crippen MR) is 47.0 cm³/mol. The van der Waals surface area contributed by atoms with Gasteiger partial charge in [-0.25, -0.2) is 9.71 Å². The van der Waals surface area contributed by atoms with E-state index in [2.05, 4.69) is 5.32 Å². The highest BCUT2D eigenvalue weighted by Crippen LogP contribution is 2.18. The molecule has 0 aromatic heterocycles. The Morgan fingerprint density at radius 3 is 2.69 bits per heavy atom. The van der Waals surface area contributed by atoms with Gasteiger partial charge < -0.3 is 4.74 Å². The zero-order valence-electron chi connectivity index (χ0n) is 7.24. The van der Waals surface area contributed by atoms with E-state index in [1.165, 1.54) is 12.1 Å². The third kappa shape index (κ3) is 2.05. The molecule has 0 amide bonds. The number of hydrogen-bond donors (Lipinski definition) is 0. The lowest BCUT2D eigenvalue weighted by Crippen LogP contribution is -2.28. The van der Waals surface area contributed by atoms with E-state index >= 15 is 0 Å². The van der Waals surface area contributed by atoms with Gasteiger partial charge in [0.1, 0.15) is 5.82 Å². The lowest BCUT2D eigenvalue weighted by atomic mass is 10.1. The Bertz CT molecular complexity index is 267. The Morgan fingerprint density at radius 2 is 2.08 bits per heavy atom. The minimum Gasteiger partial charge on any atom is -0.371 e. The molecule has 1 aliphatic rings. The van der Waals surface area contributed by atoms with Crippen molar-refractivity contribution in [1.29, 1.82) is 0 Å². The molecule has 2 rings (SSSR count). The van der Waals surface area contributed by atoms with Crippen molar-refractivity contribution >= 4 is 0 Å². The summed E-state index contributed by atoms with van der Waals surface area (Å²) >= 11 is 0. The Hall–Kier alpha value is -0.930. The molecule has 1 heterocycles. The molecule has 69 valence electrons. The molecule has 3 heteroatoms. The lowest BCUT2D eigenvalue weighted by molar-refractivity contribution is 0.0260. The minimum absolute atomic E-state index is 0.0225. The monoisotopic (exact) mass is 180 g/mol. The highest BCUT2D eigenvalue weighted by molar-refractivity contribution is 5.19. The fourth-order valence-electron chi connectivity index (χ4n) is 1.40. The highest BCUT2D eigenvalue weighted by Gasteiger charge is 2.15. The molecule has 1 radical (unpaired) electrons. The average Bonchev–Trinajstić information content (AvgIpc) is 2.20. The van der Waals surface area contributed by atoms with E-state index in [1.807, 2.05) is 0 Å². The van der Waals surface area contributed by atoms with Gasteiger partial charge in [-0.3, -0.25) is 0 Å². The van der Waals surface area contributed by atoms with Crippen molar-refractivity contribution in [3.63, 3.8) is 0 Å². The van der Waals surface area contributed by atoms with Crippen LogP contribution in [0.5, 0.6) is 0 Å². The van der Waals surface area contributed by atoms with Gasteiger partial charge in [0.2, 0.25) is 0 Å². The van der Waals surface area contributed by atoms with Crippen LogP contribution >= 0.6 is 0 Å². The van der Waals surface area contributed by atoms with Crippen molar-refractivity contribution in [2.45, 2.75) is 6.10 Å². The number of halogens is 1. The van der Waals surface area contributed by atoms with Crippen molar-refractivity contribution in [2.75, 3.05) is 19.7 Å². The van der Waals surface area contributed by atoms with Crippen LogP contribution in [-0.2, 0) is 4.74 Å². The Kier molecular flexibility index (Phi) is 2.57. The standard InChI is InChI=1S/C10H11FNO/c11-9-3-1-8(2-4-9)10-7-12-5-6-13-10/h1-4,10H,5-7H2.